The number of unbranched alkanes of at least 4 members (excludes halogenated alkanes) is 4. The van der Waals surface area contributed by atoms with Crippen LogP contribution in [0.15, 0.2) is 143 Å². The first-order chi connectivity index (χ1) is 32.4. The van der Waals surface area contributed by atoms with E-state index in [1.807, 2.05) is 0 Å². The van der Waals surface area contributed by atoms with Gasteiger partial charge in [-0.3, -0.25) is 0 Å². The van der Waals surface area contributed by atoms with Gasteiger partial charge in [0.15, 0.2) is 20.0 Å². The molecule has 0 radical (unpaired) electrons. The fourth-order valence-electron chi connectivity index (χ4n) is 7.92. The monoisotopic (exact) mass is 978 g/mol. The summed E-state index contributed by atoms with van der Waals surface area (Å²) >= 11 is 3.52. The topological polar surface area (TPSA) is 161 Å². The Morgan fingerprint density at radius 1 is 0.716 bits per heavy atom. The predicted molar refractivity (Wildman–Crippen MR) is 270 cm³/mol. The van der Waals surface area contributed by atoms with E-state index >= 15 is 0 Å². The number of hydrogen-bond acceptors (Lipinski definition) is 11. The van der Waals surface area contributed by atoms with Crippen molar-refractivity contribution in [2.75, 3.05) is 36.4 Å². The highest BCUT2D eigenvalue weighted by Gasteiger charge is 2.27. The Hall–Kier alpha value is -5.62. The van der Waals surface area contributed by atoms with Gasteiger partial charge in [-0.2, -0.15) is 14.0 Å². The molecule has 67 heavy (non-hydrogen) atoms. The summed E-state index contributed by atoms with van der Waals surface area (Å²) in [6.45, 7) is 3.23. The predicted octanol–water partition coefficient (Wildman–Crippen LogP) is 9.77. The van der Waals surface area contributed by atoms with Crippen molar-refractivity contribution in [2.24, 2.45) is 0 Å². The number of allylic oxidation sites excluding steroid dienone is 2. The molecule has 0 fully saturated rings. The number of ether oxygens (including phenoxy) is 2. The maximum Gasteiger partial charge on any atom is 0.263 e. The fourth-order valence-corrected chi connectivity index (χ4v) is 12.2. The van der Waals surface area contributed by atoms with Crippen LogP contribution in [0.2, 0.25) is 0 Å². The van der Waals surface area contributed by atoms with Crippen molar-refractivity contribution in [1.82, 2.24) is 9.44 Å². The summed E-state index contributed by atoms with van der Waals surface area (Å²) < 4.78 is 70.7. The maximum absolute atomic E-state index is 12.8. The van der Waals surface area contributed by atoms with Gasteiger partial charge in [-0.05, 0) is 120 Å². The van der Waals surface area contributed by atoms with Crippen molar-refractivity contribution >= 4 is 86.7 Å². The van der Waals surface area contributed by atoms with Crippen LogP contribution < -0.4 is 33.5 Å². The molecule has 0 aliphatic carbocycles. The zero-order valence-corrected chi connectivity index (χ0v) is 40.5. The Kier molecular flexibility index (Phi) is 15.7. The highest BCUT2D eigenvalue weighted by molar-refractivity contribution is 8.03. The smallest absolute Gasteiger partial charge is 0.263 e. The molecule has 0 saturated carbocycles. The summed E-state index contributed by atoms with van der Waals surface area (Å²) in [5.41, 5.74) is 3.46. The van der Waals surface area contributed by atoms with E-state index in [4.69, 9.17) is 9.47 Å². The van der Waals surface area contributed by atoms with Crippen LogP contribution >= 0.6 is 23.1 Å². The van der Waals surface area contributed by atoms with E-state index in [9.17, 15) is 27.0 Å². The number of aromatic nitrogens is 1. The molecule has 6 aromatic carbocycles. The third kappa shape index (κ3) is 12.9. The van der Waals surface area contributed by atoms with Crippen molar-refractivity contribution < 1.29 is 41.1 Å². The van der Waals surface area contributed by atoms with E-state index in [-0.39, 0.29) is 36.5 Å². The number of anilines is 1. The molecule has 1 aromatic heterocycles. The van der Waals surface area contributed by atoms with E-state index in [1.165, 1.54) is 62.3 Å². The third-order valence-electron chi connectivity index (χ3n) is 11.5. The molecular weight excluding hydrogens is 925 g/mol. The van der Waals surface area contributed by atoms with Crippen molar-refractivity contribution in [1.29, 1.82) is 0 Å². The first kappa shape index (κ1) is 47.9. The molecule has 350 valence electrons. The van der Waals surface area contributed by atoms with Gasteiger partial charge in [0, 0.05) is 30.0 Å². The van der Waals surface area contributed by atoms with Crippen molar-refractivity contribution in [2.45, 2.75) is 63.3 Å². The van der Waals surface area contributed by atoms with E-state index in [0.717, 1.165) is 70.8 Å². The van der Waals surface area contributed by atoms with Crippen LogP contribution in [-0.4, -0.2) is 53.5 Å². The number of benzene rings is 6. The Morgan fingerprint density at radius 2 is 1.28 bits per heavy atom. The van der Waals surface area contributed by atoms with Gasteiger partial charge in [0.25, 0.3) is 5.01 Å². The summed E-state index contributed by atoms with van der Waals surface area (Å²) in [6.07, 6.45) is 9.41. The Balaban J connectivity index is 0.957. The van der Waals surface area contributed by atoms with Crippen LogP contribution in [-0.2, 0) is 26.6 Å². The summed E-state index contributed by atoms with van der Waals surface area (Å²) in [5.74, 6) is 0.819. The molecule has 1 aliphatic rings. The number of nitrogens with one attached hydrogen (secondary N) is 2. The molecule has 0 unspecified atom stereocenters. The van der Waals surface area contributed by atoms with Gasteiger partial charge >= 0.3 is 0 Å². The number of nitrogens with zero attached hydrogens (tertiary/aromatic N) is 2. The quantitative estimate of drug-likeness (QED) is 0.0320. The highest BCUT2D eigenvalue weighted by Crippen LogP contribution is 2.48. The minimum Gasteiger partial charge on any atom is -0.872 e. The number of fused-ring (bicyclic) bond motifs is 4. The Bertz CT molecular complexity index is 3120. The van der Waals surface area contributed by atoms with E-state index in [2.05, 4.69) is 111 Å². The van der Waals surface area contributed by atoms with Crippen molar-refractivity contribution in [3.63, 3.8) is 0 Å². The lowest BCUT2D eigenvalue weighted by atomic mass is 10.1. The molecule has 1 aliphatic heterocycles. The second-order valence-electron chi connectivity index (χ2n) is 16.3. The SMILES string of the molecule is CCC(=Cc1sc2cc3ccccc3cc2[n+]1CCCCCS(=O)(=O)NCOc1ccc([O-])cc1)C=C1Sc2cc3ccccc3cc2N1CCCCCS(=O)(=O)NCOc1ccc(O)cc1. The average Bonchev–Trinajstić information content (AvgIpc) is 3.82. The Morgan fingerprint density at radius 3 is 1.91 bits per heavy atom. The molecule has 0 atom stereocenters. The summed E-state index contributed by atoms with van der Waals surface area (Å²) in [7, 11) is -7.10. The largest absolute Gasteiger partial charge is 0.872 e. The highest BCUT2D eigenvalue weighted by atomic mass is 32.2. The number of sulfonamides is 2. The van der Waals surface area contributed by atoms with E-state index in [0.29, 0.717) is 30.8 Å². The van der Waals surface area contributed by atoms with Crippen molar-refractivity contribution in [3.8, 4) is 23.0 Å². The summed E-state index contributed by atoms with van der Waals surface area (Å²) in [4.78, 5) is 3.56. The lowest BCUT2D eigenvalue weighted by molar-refractivity contribution is -0.669. The first-order valence-corrected chi connectivity index (χ1v) is 27.4. The molecule has 16 heteroatoms. The average molecular weight is 979 g/mol. The van der Waals surface area contributed by atoms with Gasteiger partial charge in [0.2, 0.25) is 25.6 Å². The molecular formula is C51H54N4O8S4. The molecule has 2 heterocycles. The van der Waals surface area contributed by atoms with Gasteiger partial charge in [0.05, 0.1) is 22.2 Å². The van der Waals surface area contributed by atoms with Crippen LogP contribution in [0.4, 0.5) is 5.69 Å². The van der Waals surface area contributed by atoms with E-state index in [1.54, 1.807) is 35.2 Å². The molecule has 8 rings (SSSR count). The lowest BCUT2D eigenvalue weighted by Gasteiger charge is -2.21. The number of thioether (sulfide) groups is 1. The number of phenolic OH excluding ortho intramolecular Hbond substituents is 1. The standard InChI is InChI=1S/C51H54N4O8S4/c1-2-37(29-50-54(46-31-38-13-5-7-15-40(38)33-48(46)64-50)25-9-3-11-27-66(58,59)52-35-62-44-21-17-42(56)18-22-44)30-51-55(47-32-39-14-6-8-16-41(39)34-49(47)65-51)26-10-4-12-28-67(60,61)53-36-63-45-23-19-43(57)20-24-45/h5-8,13-24,29-34,52-53H,2-4,9-12,25-28,35-36H2,1H3,(H-,56,57). The second kappa shape index (κ2) is 22.0. The Labute approximate surface area is 400 Å². The summed E-state index contributed by atoms with van der Waals surface area (Å²) in [6, 6.07) is 37.7. The zero-order chi connectivity index (χ0) is 46.8. The van der Waals surface area contributed by atoms with E-state index < -0.39 is 20.0 Å². The van der Waals surface area contributed by atoms with Gasteiger partial charge < -0.3 is 24.6 Å². The number of aryl methyl sites for hydroxylation is 1. The lowest BCUT2D eigenvalue weighted by Crippen LogP contribution is -2.35. The first-order valence-electron chi connectivity index (χ1n) is 22.4. The van der Waals surface area contributed by atoms with Gasteiger partial charge in [-0.15, -0.1) is 5.75 Å². The zero-order valence-electron chi connectivity index (χ0n) is 37.2. The van der Waals surface area contributed by atoms with Crippen LogP contribution in [0, 0.1) is 0 Å². The number of hydrogen-bond donors (Lipinski definition) is 3. The number of rotatable bonds is 23. The molecule has 0 amide bonds. The van der Waals surface area contributed by atoms with Crippen LogP contribution in [0.1, 0.15) is 56.9 Å². The van der Waals surface area contributed by atoms with Crippen LogP contribution in [0.3, 0.4) is 0 Å². The molecule has 0 saturated heterocycles. The normalized spacial score (nSPS) is 13.8. The van der Waals surface area contributed by atoms with Crippen molar-refractivity contribution in [3.05, 3.63) is 143 Å². The minimum absolute atomic E-state index is 0.00861. The maximum atomic E-state index is 12.8. The van der Waals surface area contributed by atoms with Crippen LogP contribution in [0.25, 0.3) is 37.8 Å². The fraction of sp³-hybridized carbons (Fsp3) is 0.275. The molecule has 0 spiro atoms. The molecule has 3 N–H and O–H groups in total. The van der Waals surface area contributed by atoms with Gasteiger partial charge in [-0.25, -0.2) is 16.8 Å². The van der Waals surface area contributed by atoms with Crippen LogP contribution in [0.5, 0.6) is 23.0 Å². The van der Waals surface area contributed by atoms with Gasteiger partial charge in [0.1, 0.15) is 21.9 Å². The minimum atomic E-state index is -3.56. The molecule has 7 aromatic rings. The number of thiazole rings is 1. The number of phenols is 1. The third-order valence-corrected chi connectivity index (χ3v) is 16.5. The van der Waals surface area contributed by atoms with Gasteiger partial charge in [-0.1, -0.05) is 97.1 Å². The summed E-state index contributed by atoms with van der Waals surface area (Å²) in [5, 5.41) is 27.8. The molecule has 12 nitrogen and oxygen atoms in total. The molecule has 0 bridgehead atoms. The number of aromatic hydroxyl groups is 1. The second-order valence-corrected chi connectivity index (χ2v) is 22.3.